The molecule has 0 bridgehead atoms. The van der Waals surface area contributed by atoms with E-state index in [9.17, 15) is 14.4 Å². The van der Waals surface area contributed by atoms with Crippen molar-refractivity contribution < 1.29 is 23.9 Å². The minimum atomic E-state index is -0.567. The molecule has 2 heterocycles. The smallest absolute Gasteiger partial charge is 0.338 e. The largest absolute Gasteiger partial charge is 0.463 e. The fourth-order valence-electron chi connectivity index (χ4n) is 3.32. The van der Waals surface area contributed by atoms with Crippen molar-refractivity contribution in [3.05, 3.63) is 75.9 Å². The van der Waals surface area contributed by atoms with Crippen molar-refractivity contribution in [3.63, 3.8) is 0 Å². The fourth-order valence-corrected chi connectivity index (χ4v) is 4.31. The summed E-state index contributed by atoms with van der Waals surface area (Å²) in [6.45, 7) is 1.64. The lowest BCUT2D eigenvalue weighted by atomic mass is 10.1. The second-order valence-corrected chi connectivity index (χ2v) is 8.09. The number of para-hydroxylation sites is 1. The molecule has 0 saturated heterocycles. The summed E-state index contributed by atoms with van der Waals surface area (Å²) in [7, 11) is 0. The van der Waals surface area contributed by atoms with Crippen molar-refractivity contribution in [2.75, 3.05) is 19.8 Å². The molecule has 1 aliphatic rings. The molecule has 1 aliphatic heterocycles. The predicted molar refractivity (Wildman–Crippen MR) is 119 cm³/mol. The molecule has 0 aliphatic carbocycles. The molecule has 164 valence electrons. The van der Waals surface area contributed by atoms with E-state index in [-0.39, 0.29) is 31.0 Å². The minimum Gasteiger partial charge on any atom is -0.463 e. The number of nitrogens with zero attached hydrogens (tertiary/aromatic N) is 1. The SMILES string of the molecule is CCOC(=O)C1=C(COC(=O)c2ccccc2Cc2nc3ccccc3s2)NC(=O)NC1. The number of amides is 2. The average molecular weight is 452 g/mol. The van der Waals surface area contributed by atoms with E-state index in [1.54, 1.807) is 30.4 Å². The molecule has 9 heteroatoms. The molecule has 0 unspecified atom stereocenters. The van der Waals surface area contributed by atoms with E-state index in [1.807, 2.05) is 36.4 Å². The summed E-state index contributed by atoms with van der Waals surface area (Å²) in [5.74, 6) is -1.12. The average Bonchev–Trinajstić information content (AvgIpc) is 3.20. The number of carbonyl (C=O) groups is 3. The summed E-state index contributed by atoms with van der Waals surface area (Å²) in [4.78, 5) is 41.3. The van der Waals surface area contributed by atoms with Crippen LogP contribution in [0.5, 0.6) is 0 Å². The number of urea groups is 1. The van der Waals surface area contributed by atoms with Gasteiger partial charge in [0.05, 0.1) is 45.2 Å². The Morgan fingerprint density at radius 2 is 1.84 bits per heavy atom. The van der Waals surface area contributed by atoms with Crippen LogP contribution in [0.4, 0.5) is 4.79 Å². The summed E-state index contributed by atoms with van der Waals surface area (Å²) in [5, 5.41) is 5.93. The number of aromatic nitrogens is 1. The molecule has 32 heavy (non-hydrogen) atoms. The summed E-state index contributed by atoms with van der Waals surface area (Å²) >= 11 is 1.58. The fraction of sp³-hybridized carbons (Fsp3) is 0.217. The van der Waals surface area contributed by atoms with Crippen molar-refractivity contribution >= 4 is 39.5 Å². The van der Waals surface area contributed by atoms with E-state index in [0.29, 0.717) is 12.0 Å². The van der Waals surface area contributed by atoms with Gasteiger partial charge in [0.1, 0.15) is 6.61 Å². The zero-order valence-corrected chi connectivity index (χ0v) is 18.2. The number of nitrogens with one attached hydrogen (secondary N) is 2. The zero-order valence-electron chi connectivity index (χ0n) is 17.3. The Hall–Kier alpha value is -3.72. The molecule has 2 N–H and O–H groups in total. The Morgan fingerprint density at radius 3 is 2.66 bits per heavy atom. The highest BCUT2D eigenvalue weighted by molar-refractivity contribution is 7.18. The van der Waals surface area contributed by atoms with Gasteiger partial charge < -0.3 is 20.1 Å². The van der Waals surface area contributed by atoms with Gasteiger partial charge in [0, 0.05) is 6.42 Å². The number of ether oxygens (including phenoxy) is 2. The van der Waals surface area contributed by atoms with Crippen LogP contribution < -0.4 is 10.6 Å². The summed E-state index contributed by atoms with van der Waals surface area (Å²) in [6.07, 6.45) is 0.488. The molecule has 4 rings (SSSR count). The van der Waals surface area contributed by atoms with Gasteiger partial charge in [-0.2, -0.15) is 0 Å². The lowest BCUT2D eigenvalue weighted by molar-refractivity contribution is -0.138. The van der Waals surface area contributed by atoms with Gasteiger partial charge >= 0.3 is 18.0 Å². The van der Waals surface area contributed by atoms with Gasteiger partial charge in [-0.15, -0.1) is 11.3 Å². The van der Waals surface area contributed by atoms with E-state index in [0.717, 1.165) is 20.8 Å². The van der Waals surface area contributed by atoms with Gasteiger partial charge in [-0.25, -0.2) is 19.4 Å². The molecule has 0 atom stereocenters. The van der Waals surface area contributed by atoms with Crippen LogP contribution in [0, 0.1) is 0 Å². The first-order valence-corrected chi connectivity index (χ1v) is 10.9. The molecule has 1 aromatic heterocycles. The zero-order chi connectivity index (χ0) is 22.5. The van der Waals surface area contributed by atoms with Crippen molar-refractivity contribution in [2.24, 2.45) is 0 Å². The lowest BCUT2D eigenvalue weighted by Crippen LogP contribution is -2.45. The number of thiazole rings is 1. The van der Waals surface area contributed by atoms with Crippen molar-refractivity contribution in [3.8, 4) is 0 Å². The van der Waals surface area contributed by atoms with Crippen molar-refractivity contribution in [1.82, 2.24) is 15.6 Å². The number of fused-ring (bicyclic) bond motifs is 1. The highest BCUT2D eigenvalue weighted by atomic mass is 32.1. The van der Waals surface area contributed by atoms with Crippen molar-refractivity contribution in [2.45, 2.75) is 13.3 Å². The Bertz CT molecular complexity index is 1180. The van der Waals surface area contributed by atoms with Gasteiger partial charge in [-0.05, 0) is 30.7 Å². The van der Waals surface area contributed by atoms with Crippen LogP contribution in [-0.4, -0.2) is 42.7 Å². The Balaban J connectivity index is 1.51. The predicted octanol–water partition coefficient (Wildman–Crippen LogP) is 3.17. The van der Waals surface area contributed by atoms with Gasteiger partial charge in [-0.1, -0.05) is 30.3 Å². The molecule has 0 saturated carbocycles. The number of hydrogen-bond acceptors (Lipinski definition) is 7. The summed E-state index contributed by atoms with van der Waals surface area (Å²) in [6, 6.07) is 14.6. The van der Waals surface area contributed by atoms with Gasteiger partial charge in [0.2, 0.25) is 0 Å². The number of esters is 2. The molecular weight excluding hydrogens is 430 g/mol. The van der Waals surface area contributed by atoms with E-state index < -0.39 is 18.0 Å². The normalized spacial score (nSPS) is 13.5. The van der Waals surface area contributed by atoms with Crippen LogP contribution in [0.1, 0.15) is 27.9 Å². The first-order chi connectivity index (χ1) is 15.5. The Labute approximate surface area is 188 Å². The second-order valence-electron chi connectivity index (χ2n) is 6.97. The van der Waals surface area contributed by atoms with Crippen LogP contribution in [0.15, 0.2) is 59.8 Å². The number of carbonyl (C=O) groups excluding carboxylic acids is 3. The van der Waals surface area contributed by atoms with Gasteiger partial charge in [0.15, 0.2) is 0 Å². The van der Waals surface area contributed by atoms with Crippen LogP contribution in [0.2, 0.25) is 0 Å². The highest BCUT2D eigenvalue weighted by Crippen LogP contribution is 2.25. The molecule has 0 fully saturated rings. The maximum absolute atomic E-state index is 12.8. The Morgan fingerprint density at radius 1 is 1.06 bits per heavy atom. The van der Waals surface area contributed by atoms with E-state index in [2.05, 4.69) is 15.6 Å². The third-order valence-electron chi connectivity index (χ3n) is 4.84. The summed E-state index contributed by atoms with van der Waals surface area (Å²) in [5.41, 5.74) is 2.55. The van der Waals surface area contributed by atoms with Gasteiger partial charge in [0.25, 0.3) is 0 Å². The molecule has 2 amide bonds. The van der Waals surface area contributed by atoms with E-state index >= 15 is 0 Å². The lowest BCUT2D eigenvalue weighted by Gasteiger charge is -2.21. The number of hydrogen-bond donors (Lipinski definition) is 2. The molecule has 3 aromatic rings. The number of benzene rings is 2. The van der Waals surface area contributed by atoms with Crippen LogP contribution in [-0.2, 0) is 20.7 Å². The first-order valence-electron chi connectivity index (χ1n) is 10.1. The second kappa shape index (κ2) is 9.61. The van der Waals surface area contributed by atoms with E-state index in [1.165, 1.54) is 0 Å². The third kappa shape index (κ3) is 4.78. The monoisotopic (exact) mass is 451 g/mol. The molecule has 2 aromatic carbocycles. The van der Waals surface area contributed by atoms with Crippen LogP contribution >= 0.6 is 11.3 Å². The maximum Gasteiger partial charge on any atom is 0.338 e. The standard InChI is InChI=1S/C23H21N3O5S/c1-2-30-22(28)16-12-24-23(29)26-18(16)13-31-21(27)15-8-4-3-7-14(15)11-20-25-17-9-5-6-10-19(17)32-20/h3-10H,2,11-13H2,1H3,(H2,24,26,29). The van der Waals surface area contributed by atoms with Gasteiger partial charge in [-0.3, -0.25) is 0 Å². The number of rotatable bonds is 7. The van der Waals surface area contributed by atoms with Crippen LogP contribution in [0.3, 0.4) is 0 Å². The van der Waals surface area contributed by atoms with Crippen LogP contribution in [0.25, 0.3) is 10.2 Å². The Kier molecular flexibility index (Phi) is 6.46. The van der Waals surface area contributed by atoms with Crippen molar-refractivity contribution in [1.29, 1.82) is 0 Å². The molecule has 0 spiro atoms. The first kappa shape index (κ1) is 21.5. The summed E-state index contributed by atoms with van der Waals surface area (Å²) < 4.78 is 11.5. The highest BCUT2D eigenvalue weighted by Gasteiger charge is 2.25. The quantitative estimate of drug-likeness (QED) is 0.535. The molecular formula is C23H21N3O5S. The molecule has 0 radical (unpaired) electrons. The topological polar surface area (TPSA) is 107 Å². The minimum absolute atomic E-state index is 0.00570. The molecule has 8 nitrogen and oxygen atoms in total. The third-order valence-corrected chi connectivity index (χ3v) is 5.88. The maximum atomic E-state index is 12.8. The van der Waals surface area contributed by atoms with E-state index in [4.69, 9.17) is 9.47 Å².